The number of alkyl halides is 3. The summed E-state index contributed by atoms with van der Waals surface area (Å²) in [6.07, 6.45) is -3.50. The summed E-state index contributed by atoms with van der Waals surface area (Å²) in [6.45, 7) is -0.564. The fourth-order valence-electron chi connectivity index (χ4n) is 1.48. The van der Waals surface area contributed by atoms with E-state index in [1.807, 2.05) is 0 Å². The van der Waals surface area contributed by atoms with Gasteiger partial charge in [-0.05, 0) is 24.1 Å². The van der Waals surface area contributed by atoms with Gasteiger partial charge in [-0.2, -0.15) is 0 Å². The zero-order valence-electron chi connectivity index (χ0n) is 8.25. The van der Waals surface area contributed by atoms with Crippen LogP contribution < -0.4 is 15.2 Å². The van der Waals surface area contributed by atoms with Crippen LogP contribution in [0.15, 0.2) is 18.2 Å². The van der Waals surface area contributed by atoms with Gasteiger partial charge in [-0.25, -0.2) is 0 Å². The van der Waals surface area contributed by atoms with E-state index in [4.69, 9.17) is 5.73 Å². The zero-order chi connectivity index (χ0) is 11.8. The average molecular weight is 233 g/mol. The van der Waals surface area contributed by atoms with Gasteiger partial charge in [0.2, 0.25) is 0 Å². The van der Waals surface area contributed by atoms with Crippen molar-refractivity contribution in [2.24, 2.45) is 5.73 Å². The Morgan fingerprint density at radius 2 is 1.94 bits per heavy atom. The van der Waals surface area contributed by atoms with Crippen molar-refractivity contribution in [3.05, 3.63) is 23.8 Å². The lowest BCUT2D eigenvalue weighted by atomic mass is 10.0. The molecule has 1 aliphatic rings. The third kappa shape index (κ3) is 2.06. The molecule has 1 aromatic carbocycles. The molecule has 1 heterocycles. The molecule has 1 atom stereocenters. The van der Waals surface area contributed by atoms with Crippen molar-refractivity contribution in [2.45, 2.75) is 18.8 Å². The first kappa shape index (κ1) is 11.1. The van der Waals surface area contributed by atoms with E-state index in [1.54, 1.807) is 0 Å². The molecule has 1 aliphatic heterocycles. The molecule has 0 aliphatic carbocycles. The van der Waals surface area contributed by atoms with Crippen molar-refractivity contribution in [2.75, 3.05) is 6.67 Å². The molecule has 0 radical (unpaired) electrons. The maximum absolute atomic E-state index is 12.7. The van der Waals surface area contributed by atoms with Crippen molar-refractivity contribution in [1.29, 1.82) is 0 Å². The molecule has 0 unspecified atom stereocenters. The van der Waals surface area contributed by atoms with Gasteiger partial charge in [0, 0.05) is 6.04 Å². The van der Waals surface area contributed by atoms with E-state index in [0.717, 1.165) is 0 Å². The van der Waals surface area contributed by atoms with E-state index in [2.05, 4.69) is 9.47 Å². The Morgan fingerprint density at radius 1 is 1.25 bits per heavy atom. The van der Waals surface area contributed by atoms with Crippen LogP contribution in [0.2, 0.25) is 0 Å². The minimum absolute atomic E-state index is 0.0406. The SMILES string of the molecule is N[C@H](CCF)c1ccc2c(c1)OC(F)(F)O2. The Labute approximate surface area is 89.9 Å². The summed E-state index contributed by atoms with van der Waals surface area (Å²) in [6, 6.07) is 3.66. The van der Waals surface area contributed by atoms with Crippen LogP contribution >= 0.6 is 0 Å². The Morgan fingerprint density at radius 3 is 2.62 bits per heavy atom. The predicted octanol–water partition coefficient (Wildman–Crippen LogP) is 2.37. The molecule has 0 bridgehead atoms. The fraction of sp³-hybridized carbons (Fsp3) is 0.400. The topological polar surface area (TPSA) is 44.5 Å². The number of hydrogen-bond acceptors (Lipinski definition) is 3. The Kier molecular flexibility index (Phi) is 2.67. The maximum atomic E-state index is 12.7. The van der Waals surface area contributed by atoms with Gasteiger partial charge in [-0.1, -0.05) is 6.07 Å². The summed E-state index contributed by atoms with van der Waals surface area (Å²) in [5.41, 5.74) is 6.18. The first-order chi connectivity index (χ1) is 7.52. The summed E-state index contributed by atoms with van der Waals surface area (Å²) in [4.78, 5) is 0. The first-order valence-electron chi connectivity index (χ1n) is 4.73. The van der Waals surface area contributed by atoms with Gasteiger partial charge >= 0.3 is 6.29 Å². The highest BCUT2D eigenvalue weighted by Crippen LogP contribution is 2.41. The lowest BCUT2D eigenvalue weighted by Gasteiger charge is -2.09. The van der Waals surface area contributed by atoms with Gasteiger partial charge in [-0.15, -0.1) is 8.78 Å². The van der Waals surface area contributed by atoms with Crippen molar-refractivity contribution in [3.63, 3.8) is 0 Å². The molecule has 0 amide bonds. The van der Waals surface area contributed by atoms with Gasteiger partial charge in [0.05, 0.1) is 6.67 Å². The largest absolute Gasteiger partial charge is 0.586 e. The number of hydrogen-bond donors (Lipinski definition) is 1. The van der Waals surface area contributed by atoms with E-state index >= 15 is 0 Å². The second-order valence-corrected chi connectivity index (χ2v) is 3.46. The van der Waals surface area contributed by atoms with Crippen LogP contribution in [0.4, 0.5) is 13.2 Å². The minimum atomic E-state index is -3.63. The lowest BCUT2D eigenvalue weighted by molar-refractivity contribution is -0.286. The van der Waals surface area contributed by atoms with Crippen LogP contribution in [-0.2, 0) is 0 Å². The number of fused-ring (bicyclic) bond motifs is 1. The molecule has 0 spiro atoms. The summed E-state index contributed by atoms with van der Waals surface area (Å²) >= 11 is 0. The van der Waals surface area contributed by atoms with E-state index in [0.29, 0.717) is 5.56 Å². The third-order valence-corrected chi connectivity index (χ3v) is 2.27. The molecule has 0 aromatic heterocycles. The molecule has 0 saturated carbocycles. The predicted molar refractivity (Wildman–Crippen MR) is 50.2 cm³/mol. The van der Waals surface area contributed by atoms with Crippen LogP contribution in [0.3, 0.4) is 0 Å². The van der Waals surface area contributed by atoms with Crippen LogP contribution in [-0.4, -0.2) is 13.0 Å². The highest BCUT2D eigenvalue weighted by molar-refractivity contribution is 5.45. The summed E-state index contributed by atoms with van der Waals surface area (Å²) in [5, 5.41) is 0. The fourth-order valence-corrected chi connectivity index (χ4v) is 1.48. The average Bonchev–Trinajstić information content (AvgIpc) is 2.50. The van der Waals surface area contributed by atoms with Crippen molar-refractivity contribution < 1.29 is 22.6 Å². The number of ether oxygens (including phenoxy) is 2. The molecule has 2 N–H and O–H groups in total. The maximum Gasteiger partial charge on any atom is 0.586 e. The lowest BCUT2D eigenvalue weighted by Crippen LogP contribution is -2.25. The standard InChI is InChI=1S/C10H10F3NO2/c11-4-3-7(14)6-1-2-8-9(5-6)16-10(12,13)15-8/h1-2,5,7H,3-4,14H2/t7-/m1/s1. The van der Waals surface area contributed by atoms with Crippen molar-refractivity contribution in [3.8, 4) is 11.5 Å². The van der Waals surface area contributed by atoms with Gasteiger partial charge in [0.25, 0.3) is 0 Å². The molecule has 6 heteroatoms. The Balaban J connectivity index is 2.22. The number of rotatable bonds is 3. The molecule has 0 fully saturated rings. The highest BCUT2D eigenvalue weighted by atomic mass is 19.3. The monoisotopic (exact) mass is 233 g/mol. The molecule has 0 saturated heterocycles. The quantitative estimate of drug-likeness (QED) is 0.871. The van der Waals surface area contributed by atoms with E-state index < -0.39 is 19.0 Å². The molecule has 1 aromatic rings. The Hall–Kier alpha value is -1.43. The second kappa shape index (κ2) is 3.86. The van der Waals surface area contributed by atoms with Gasteiger partial charge in [0.1, 0.15) is 0 Å². The molecular formula is C10H10F3NO2. The van der Waals surface area contributed by atoms with E-state index in [9.17, 15) is 13.2 Å². The summed E-state index contributed by atoms with van der Waals surface area (Å²) in [5.74, 6) is -0.113. The summed E-state index contributed by atoms with van der Waals surface area (Å²) in [7, 11) is 0. The molecule has 16 heavy (non-hydrogen) atoms. The molecule has 2 rings (SSSR count). The number of halogens is 3. The first-order valence-corrected chi connectivity index (χ1v) is 4.73. The van der Waals surface area contributed by atoms with Crippen molar-refractivity contribution >= 4 is 0 Å². The van der Waals surface area contributed by atoms with Crippen LogP contribution in [0, 0.1) is 0 Å². The minimum Gasteiger partial charge on any atom is -0.395 e. The van der Waals surface area contributed by atoms with Gasteiger partial charge in [0.15, 0.2) is 11.5 Å². The zero-order valence-corrected chi connectivity index (χ0v) is 8.25. The van der Waals surface area contributed by atoms with Crippen LogP contribution in [0.1, 0.15) is 18.0 Å². The number of nitrogens with two attached hydrogens (primary N) is 1. The Bertz CT molecular complexity index is 398. The third-order valence-electron chi connectivity index (χ3n) is 2.27. The van der Waals surface area contributed by atoms with Crippen molar-refractivity contribution in [1.82, 2.24) is 0 Å². The van der Waals surface area contributed by atoms with E-state index in [1.165, 1.54) is 18.2 Å². The summed E-state index contributed by atoms with van der Waals surface area (Å²) < 4.78 is 45.9. The van der Waals surface area contributed by atoms with Gasteiger partial charge in [-0.3, -0.25) is 4.39 Å². The molecule has 88 valence electrons. The normalized spacial score (nSPS) is 18.5. The molecular weight excluding hydrogens is 223 g/mol. The van der Waals surface area contributed by atoms with E-state index in [-0.39, 0.29) is 17.9 Å². The second-order valence-electron chi connectivity index (χ2n) is 3.46. The number of benzene rings is 1. The van der Waals surface area contributed by atoms with Crippen LogP contribution in [0.25, 0.3) is 0 Å². The highest BCUT2D eigenvalue weighted by Gasteiger charge is 2.43. The van der Waals surface area contributed by atoms with Gasteiger partial charge < -0.3 is 15.2 Å². The molecule has 3 nitrogen and oxygen atoms in total. The van der Waals surface area contributed by atoms with Crippen LogP contribution in [0.5, 0.6) is 11.5 Å². The smallest absolute Gasteiger partial charge is 0.395 e.